The third-order valence-corrected chi connectivity index (χ3v) is 4.18. The molecule has 0 heterocycles. The molecule has 1 atom stereocenters. The number of Topliss-reactive ketones (excluding diaryl/α,β-unsaturated/α-hetero) is 2. The van der Waals surface area contributed by atoms with E-state index in [0.29, 0.717) is 25.7 Å². The first-order chi connectivity index (χ1) is 11.6. The van der Waals surface area contributed by atoms with Crippen molar-refractivity contribution in [2.75, 3.05) is 0 Å². The summed E-state index contributed by atoms with van der Waals surface area (Å²) in [6.07, 6.45) is 5.91. The molecule has 0 aliphatic carbocycles. The van der Waals surface area contributed by atoms with Crippen LogP contribution in [0, 0.1) is 5.41 Å². The lowest BCUT2D eigenvalue weighted by molar-refractivity contribution is -0.126. The molecule has 0 spiro atoms. The SMILES string of the molecule is [B]NC(=O)[C@H](CCCCCC(=O)CCCCC(=O)C(C)(C)C)N([B])[B]. The second-order valence-electron chi connectivity index (χ2n) is 7.49. The lowest BCUT2D eigenvalue weighted by Gasteiger charge is -2.23. The minimum absolute atomic E-state index is 0.221. The van der Waals surface area contributed by atoms with E-state index >= 15 is 0 Å². The molecule has 0 unspecified atom stereocenters. The summed E-state index contributed by atoms with van der Waals surface area (Å²) in [4.78, 5) is 35.1. The number of rotatable bonds is 13. The third kappa shape index (κ3) is 11.2. The van der Waals surface area contributed by atoms with Crippen LogP contribution < -0.4 is 5.23 Å². The summed E-state index contributed by atoms with van der Waals surface area (Å²) in [6.45, 7) is 5.74. The van der Waals surface area contributed by atoms with Crippen molar-refractivity contribution >= 4 is 41.4 Å². The van der Waals surface area contributed by atoms with E-state index in [1.54, 1.807) is 0 Å². The Kier molecular flexibility index (Phi) is 11.8. The summed E-state index contributed by atoms with van der Waals surface area (Å²) < 4.78 is 0.853. The molecule has 0 bridgehead atoms. The summed E-state index contributed by atoms with van der Waals surface area (Å²) in [5, 5.41) is 2.03. The molecule has 0 aromatic rings. The van der Waals surface area contributed by atoms with E-state index in [-0.39, 0.29) is 17.0 Å². The summed E-state index contributed by atoms with van der Waals surface area (Å²) in [5.74, 6) is 0.0366. The van der Waals surface area contributed by atoms with Gasteiger partial charge in [0.25, 0.3) is 0 Å². The standard InChI is InChI=1S/C17H29B3N2O3/c1-17(2,3)15(24)12-8-7-10-13(23)9-5-4-6-11-14(22(19)20)16(25)21-18/h14H,4-12H2,1-3H3,(H,21,25)/t14-/m0/s1. The highest BCUT2D eigenvalue weighted by molar-refractivity contribution is 6.27. The molecular formula is C17H29B3N2O3. The third-order valence-electron chi connectivity index (χ3n) is 4.18. The van der Waals surface area contributed by atoms with E-state index in [1.165, 1.54) is 0 Å². The molecule has 5 nitrogen and oxygen atoms in total. The van der Waals surface area contributed by atoms with Crippen LogP contribution >= 0.6 is 0 Å². The monoisotopic (exact) mass is 342 g/mol. The number of carbonyl (C=O) groups excluding carboxylic acids is 3. The van der Waals surface area contributed by atoms with Crippen LogP contribution in [0.1, 0.15) is 78.6 Å². The summed E-state index contributed by atoms with van der Waals surface area (Å²) in [7, 11) is 15.9. The minimum atomic E-state index is -0.666. The Hall–Kier alpha value is -1.04. The summed E-state index contributed by atoms with van der Waals surface area (Å²) in [5.41, 5.74) is -0.300. The zero-order valence-electron chi connectivity index (χ0n) is 15.8. The lowest BCUT2D eigenvalue weighted by Crippen LogP contribution is -2.44. The first kappa shape index (κ1) is 24.0. The van der Waals surface area contributed by atoms with Gasteiger partial charge in [-0.25, -0.2) is 0 Å². The van der Waals surface area contributed by atoms with Gasteiger partial charge in [0, 0.05) is 24.7 Å². The first-order valence-electron chi connectivity index (χ1n) is 8.93. The molecular weight excluding hydrogens is 313 g/mol. The molecule has 25 heavy (non-hydrogen) atoms. The molecule has 0 rings (SSSR count). The molecule has 0 aliphatic heterocycles. The quantitative estimate of drug-likeness (QED) is 0.409. The van der Waals surface area contributed by atoms with Crippen LogP contribution in [-0.2, 0) is 14.4 Å². The number of amides is 1. The van der Waals surface area contributed by atoms with Crippen LogP contribution in [0.4, 0.5) is 0 Å². The fourth-order valence-corrected chi connectivity index (χ4v) is 2.46. The molecule has 0 aromatic carbocycles. The van der Waals surface area contributed by atoms with Gasteiger partial charge in [-0.15, -0.1) is 0 Å². The van der Waals surface area contributed by atoms with Crippen LogP contribution in [-0.4, -0.2) is 52.2 Å². The Bertz CT molecular complexity index is 437. The summed E-state index contributed by atoms with van der Waals surface area (Å²) in [6, 6.07) is -0.666. The maximum atomic E-state index is 11.8. The van der Waals surface area contributed by atoms with E-state index in [9.17, 15) is 14.4 Å². The zero-order chi connectivity index (χ0) is 19.5. The Morgan fingerprint density at radius 2 is 1.44 bits per heavy atom. The van der Waals surface area contributed by atoms with Gasteiger partial charge in [-0.05, 0) is 25.7 Å². The molecule has 134 valence electrons. The number of unbranched alkanes of at least 4 members (excludes halogenated alkanes) is 3. The van der Waals surface area contributed by atoms with Crippen molar-refractivity contribution in [2.45, 2.75) is 84.6 Å². The van der Waals surface area contributed by atoms with Gasteiger partial charge in [0.05, 0.1) is 6.04 Å². The number of carbonyl (C=O) groups is 3. The van der Waals surface area contributed by atoms with Crippen LogP contribution in [0.3, 0.4) is 0 Å². The van der Waals surface area contributed by atoms with E-state index in [0.717, 1.165) is 36.8 Å². The van der Waals surface area contributed by atoms with Crippen molar-refractivity contribution in [1.29, 1.82) is 0 Å². The van der Waals surface area contributed by atoms with Gasteiger partial charge in [0.1, 0.15) is 11.6 Å². The molecule has 0 aliphatic rings. The predicted molar refractivity (Wildman–Crippen MR) is 102 cm³/mol. The van der Waals surface area contributed by atoms with Crippen molar-refractivity contribution in [1.82, 2.24) is 9.95 Å². The maximum Gasteiger partial charge on any atom is 0.226 e. The molecule has 1 N–H and O–H groups in total. The highest BCUT2D eigenvalue weighted by Crippen LogP contribution is 2.19. The van der Waals surface area contributed by atoms with Gasteiger partial charge in [-0.3, -0.25) is 14.4 Å². The molecule has 0 aromatic heterocycles. The zero-order valence-corrected chi connectivity index (χ0v) is 15.8. The minimum Gasteiger partial charge on any atom is -0.408 e. The average molecular weight is 342 g/mol. The fourth-order valence-electron chi connectivity index (χ4n) is 2.46. The van der Waals surface area contributed by atoms with E-state index in [2.05, 4.69) is 0 Å². The van der Waals surface area contributed by atoms with Gasteiger partial charge < -0.3 is 9.95 Å². The van der Waals surface area contributed by atoms with Crippen molar-refractivity contribution in [2.24, 2.45) is 5.41 Å². The van der Waals surface area contributed by atoms with E-state index < -0.39 is 11.9 Å². The highest BCUT2D eigenvalue weighted by Gasteiger charge is 2.20. The van der Waals surface area contributed by atoms with Gasteiger partial charge in [-0.2, -0.15) is 0 Å². The largest absolute Gasteiger partial charge is 0.408 e. The molecule has 0 saturated heterocycles. The number of nitrogens with one attached hydrogen (secondary N) is 1. The summed E-state index contributed by atoms with van der Waals surface area (Å²) >= 11 is 0. The molecule has 0 saturated carbocycles. The van der Waals surface area contributed by atoms with Crippen LogP contribution in [0.25, 0.3) is 0 Å². The number of nitrogens with zero attached hydrogens (tertiary/aromatic N) is 1. The Balaban J connectivity index is 3.77. The van der Waals surface area contributed by atoms with Crippen LogP contribution in [0.2, 0.25) is 0 Å². The molecule has 6 radical (unpaired) electrons. The van der Waals surface area contributed by atoms with Gasteiger partial charge >= 0.3 is 0 Å². The van der Waals surface area contributed by atoms with Crippen molar-refractivity contribution < 1.29 is 14.4 Å². The van der Waals surface area contributed by atoms with Gasteiger partial charge in [0.15, 0.2) is 16.0 Å². The Morgan fingerprint density at radius 3 is 1.92 bits per heavy atom. The highest BCUT2D eigenvalue weighted by atomic mass is 16.2. The number of ketones is 2. The Morgan fingerprint density at radius 1 is 0.920 bits per heavy atom. The number of hydrogen-bond acceptors (Lipinski definition) is 4. The van der Waals surface area contributed by atoms with E-state index in [4.69, 9.17) is 23.9 Å². The molecule has 8 heteroatoms. The van der Waals surface area contributed by atoms with Gasteiger partial charge in [0.2, 0.25) is 13.9 Å². The van der Waals surface area contributed by atoms with Gasteiger partial charge in [-0.1, -0.05) is 33.6 Å². The van der Waals surface area contributed by atoms with Crippen LogP contribution in [0.15, 0.2) is 0 Å². The second-order valence-corrected chi connectivity index (χ2v) is 7.49. The van der Waals surface area contributed by atoms with Crippen LogP contribution in [0.5, 0.6) is 0 Å². The fraction of sp³-hybridized carbons (Fsp3) is 0.824. The Labute approximate surface area is 156 Å². The molecule has 0 fully saturated rings. The smallest absolute Gasteiger partial charge is 0.226 e. The van der Waals surface area contributed by atoms with Crippen molar-refractivity contribution in [3.63, 3.8) is 0 Å². The number of hydrogen-bond donors (Lipinski definition) is 1. The van der Waals surface area contributed by atoms with E-state index in [1.807, 2.05) is 26.0 Å². The average Bonchev–Trinajstić information content (AvgIpc) is 2.52. The molecule has 1 amide bonds. The lowest BCUT2D eigenvalue weighted by atomic mass is 9.87. The van der Waals surface area contributed by atoms with Crippen molar-refractivity contribution in [3.05, 3.63) is 0 Å². The predicted octanol–water partition coefficient (Wildman–Crippen LogP) is 1.72. The normalized spacial score (nSPS) is 12.8. The maximum absolute atomic E-state index is 11.8. The topological polar surface area (TPSA) is 66.5 Å². The first-order valence-corrected chi connectivity index (χ1v) is 8.93. The second kappa shape index (κ2) is 12.3. The van der Waals surface area contributed by atoms with Crippen molar-refractivity contribution in [3.8, 4) is 0 Å².